The second kappa shape index (κ2) is 5.19. The van der Waals surface area contributed by atoms with Crippen molar-refractivity contribution in [2.75, 3.05) is 26.4 Å². The summed E-state index contributed by atoms with van der Waals surface area (Å²) in [7, 11) is 4.14. The minimum atomic E-state index is -0.183. The molecular weight excluding hydrogens is 250 g/mol. The predicted octanol–water partition coefficient (Wildman–Crippen LogP) is 0.724. The largest absolute Gasteiger partial charge is 0.374 e. The SMILES string of the molecule is CN(C)C1(CNC(=O)c2nnc(N)s2)CCCC1. The fraction of sp³-hybridized carbons (Fsp3) is 0.727. The van der Waals surface area contributed by atoms with Crippen LogP contribution >= 0.6 is 11.3 Å². The number of aromatic nitrogens is 2. The van der Waals surface area contributed by atoms with Crippen LogP contribution in [-0.4, -0.2) is 47.2 Å². The highest BCUT2D eigenvalue weighted by atomic mass is 32.1. The maximum atomic E-state index is 11.9. The summed E-state index contributed by atoms with van der Waals surface area (Å²) < 4.78 is 0. The van der Waals surface area contributed by atoms with Gasteiger partial charge in [0.15, 0.2) is 0 Å². The standard InChI is InChI=1S/C11H19N5OS/c1-16(2)11(5-3-4-6-11)7-13-8(17)9-14-15-10(12)18-9/h3-7H2,1-2H3,(H2,12,15)(H,13,17). The number of amides is 1. The van der Waals surface area contributed by atoms with Gasteiger partial charge in [-0.15, -0.1) is 10.2 Å². The van der Waals surface area contributed by atoms with Crippen LogP contribution < -0.4 is 11.1 Å². The van der Waals surface area contributed by atoms with Gasteiger partial charge in [0.2, 0.25) is 10.1 Å². The predicted molar refractivity (Wildman–Crippen MR) is 71.5 cm³/mol. The smallest absolute Gasteiger partial charge is 0.282 e. The topological polar surface area (TPSA) is 84.1 Å². The summed E-state index contributed by atoms with van der Waals surface area (Å²) in [5, 5.41) is 11.0. The molecule has 1 heterocycles. The second-order valence-electron chi connectivity index (χ2n) is 4.95. The monoisotopic (exact) mass is 269 g/mol. The van der Waals surface area contributed by atoms with Crippen molar-refractivity contribution < 1.29 is 4.79 Å². The molecule has 100 valence electrons. The first-order valence-corrected chi connectivity index (χ1v) is 6.90. The van der Waals surface area contributed by atoms with Crippen molar-refractivity contribution in [1.82, 2.24) is 20.4 Å². The van der Waals surface area contributed by atoms with Gasteiger partial charge in [0, 0.05) is 12.1 Å². The molecule has 3 N–H and O–H groups in total. The van der Waals surface area contributed by atoms with Gasteiger partial charge in [0.1, 0.15) is 0 Å². The van der Waals surface area contributed by atoms with Crippen LogP contribution in [0.4, 0.5) is 5.13 Å². The molecule has 0 saturated heterocycles. The lowest BCUT2D eigenvalue weighted by molar-refractivity contribution is 0.0899. The Hall–Kier alpha value is -1.21. The molecule has 1 aliphatic rings. The van der Waals surface area contributed by atoms with Gasteiger partial charge < -0.3 is 16.0 Å². The van der Waals surface area contributed by atoms with Crippen molar-refractivity contribution >= 4 is 22.4 Å². The number of rotatable bonds is 4. The zero-order valence-corrected chi connectivity index (χ0v) is 11.6. The normalized spacial score (nSPS) is 18.2. The van der Waals surface area contributed by atoms with E-state index in [4.69, 9.17) is 5.73 Å². The Kier molecular flexibility index (Phi) is 3.82. The number of carbonyl (C=O) groups excluding carboxylic acids is 1. The van der Waals surface area contributed by atoms with E-state index in [9.17, 15) is 4.79 Å². The fourth-order valence-corrected chi connectivity index (χ4v) is 2.99. The molecule has 2 rings (SSSR count). The Morgan fingerprint density at radius 2 is 2.11 bits per heavy atom. The van der Waals surface area contributed by atoms with Crippen molar-refractivity contribution in [2.45, 2.75) is 31.2 Å². The number of anilines is 1. The van der Waals surface area contributed by atoms with E-state index in [-0.39, 0.29) is 11.4 Å². The van der Waals surface area contributed by atoms with Crippen LogP contribution in [0.15, 0.2) is 0 Å². The molecule has 0 aromatic carbocycles. The van der Waals surface area contributed by atoms with Gasteiger partial charge in [-0.2, -0.15) is 0 Å². The van der Waals surface area contributed by atoms with E-state index < -0.39 is 0 Å². The molecule has 1 fully saturated rings. The third kappa shape index (κ3) is 2.62. The summed E-state index contributed by atoms with van der Waals surface area (Å²) in [5.41, 5.74) is 5.55. The molecule has 0 radical (unpaired) electrons. The quantitative estimate of drug-likeness (QED) is 0.841. The fourth-order valence-electron chi connectivity index (χ4n) is 2.46. The summed E-state index contributed by atoms with van der Waals surface area (Å²) >= 11 is 1.12. The molecule has 6 nitrogen and oxygen atoms in total. The second-order valence-corrected chi connectivity index (χ2v) is 5.96. The zero-order valence-electron chi connectivity index (χ0n) is 10.8. The van der Waals surface area contributed by atoms with Crippen molar-refractivity contribution in [1.29, 1.82) is 0 Å². The number of nitrogen functional groups attached to an aromatic ring is 1. The highest BCUT2D eigenvalue weighted by Gasteiger charge is 2.36. The lowest BCUT2D eigenvalue weighted by Gasteiger charge is -2.36. The van der Waals surface area contributed by atoms with Crippen LogP contribution in [0.25, 0.3) is 0 Å². The Bertz CT molecular complexity index is 425. The van der Waals surface area contributed by atoms with E-state index in [1.807, 2.05) is 0 Å². The molecule has 7 heteroatoms. The Balaban J connectivity index is 1.96. The van der Waals surface area contributed by atoms with E-state index in [0.29, 0.717) is 16.7 Å². The highest BCUT2D eigenvalue weighted by Crippen LogP contribution is 2.33. The molecule has 1 aromatic rings. The summed E-state index contributed by atoms with van der Waals surface area (Å²) in [6.07, 6.45) is 4.69. The first-order valence-electron chi connectivity index (χ1n) is 6.08. The summed E-state index contributed by atoms with van der Waals surface area (Å²) in [6.45, 7) is 0.651. The minimum absolute atomic E-state index is 0.0892. The van der Waals surface area contributed by atoms with Gasteiger partial charge in [-0.05, 0) is 26.9 Å². The highest BCUT2D eigenvalue weighted by molar-refractivity contribution is 7.16. The van der Waals surface area contributed by atoms with Gasteiger partial charge in [0.05, 0.1) is 0 Å². The van der Waals surface area contributed by atoms with Crippen molar-refractivity contribution in [3.05, 3.63) is 5.01 Å². The van der Waals surface area contributed by atoms with E-state index in [1.54, 1.807) is 0 Å². The van der Waals surface area contributed by atoms with Gasteiger partial charge in [-0.25, -0.2) is 0 Å². The first kappa shape index (κ1) is 13.2. The van der Waals surface area contributed by atoms with Gasteiger partial charge in [-0.3, -0.25) is 4.79 Å². The van der Waals surface area contributed by atoms with Crippen molar-refractivity contribution in [3.63, 3.8) is 0 Å². The summed E-state index contributed by atoms with van der Waals surface area (Å²) in [6, 6.07) is 0. The van der Waals surface area contributed by atoms with Gasteiger partial charge >= 0.3 is 0 Å². The summed E-state index contributed by atoms with van der Waals surface area (Å²) in [5.74, 6) is -0.183. The molecular formula is C11H19N5OS. The number of hydrogen-bond acceptors (Lipinski definition) is 6. The maximum Gasteiger partial charge on any atom is 0.282 e. The number of nitrogens with one attached hydrogen (secondary N) is 1. The number of nitrogens with zero attached hydrogens (tertiary/aromatic N) is 3. The molecule has 0 unspecified atom stereocenters. The molecule has 1 amide bonds. The van der Waals surface area contributed by atoms with E-state index in [1.165, 1.54) is 12.8 Å². The van der Waals surface area contributed by atoms with Crippen LogP contribution in [-0.2, 0) is 0 Å². The Morgan fingerprint density at radius 3 is 2.61 bits per heavy atom. The molecule has 0 atom stereocenters. The zero-order chi connectivity index (χ0) is 13.2. The van der Waals surface area contributed by atoms with Crippen LogP contribution in [0.1, 0.15) is 35.5 Å². The molecule has 0 spiro atoms. The van der Waals surface area contributed by atoms with E-state index >= 15 is 0 Å². The Morgan fingerprint density at radius 1 is 1.44 bits per heavy atom. The molecule has 1 aliphatic carbocycles. The van der Waals surface area contributed by atoms with Crippen LogP contribution in [0.5, 0.6) is 0 Å². The maximum absolute atomic E-state index is 11.9. The minimum Gasteiger partial charge on any atom is -0.374 e. The number of hydrogen-bond donors (Lipinski definition) is 2. The van der Waals surface area contributed by atoms with Gasteiger partial charge in [-0.1, -0.05) is 24.2 Å². The average molecular weight is 269 g/mol. The van der Waals surface area contributed by atoms with Crippen LogP contribution in [0, 0.1) is 0 Å². The van der Waals surface area contributed by atoms with E-state index in [2.05, 4.69) is 34.5 Å². The van der Waals surface area contributed by atoms with Crippen molar-refractivity contribution in [3.8, 4) is 0 Å². The molecule has 18 heavy (non-hydrogen) atoms. The van der Waals surface area contributed by atoms with Crippen molar-refractivity contribution in [2.24, 2.45) is 0 Å². The Labute approximate surface area is 111 Å². The van der Waals surface area contributed by atoms with Crippen LogP contribution in [0.3, 0.4) is 0 Å². The summed E-state index contributed by atoms with van der Waals surface area (Å²) in [4.78, 5) is 14.1. The van der Waals surface area contributed by atoms with Gasteiger partial charge in [0.25, 0.3) is 5.91 Å². The van der Waals surface area contributed by atoms with Crippen LogP contribution in [0.2, 0.25) is 0 Å². The lowest BCUT2D eigenvalue weighted by Crippen LogP contribution is -2.50. The first-order chi connectivity index (χ1) is 8.53. The number of likely N-dealkylation sites (N-methyl/N-ethyl adjacent to an activating group) is 1. The molecule has 1 saturated carbocycles. The molecule has 1 aromatic heterocycles. The third-order valence-electron chi connectivity index (χ3n) is 3.70. The molecule has 0 bridgehead atoms. The lowest BCUT2D eigenvalue weighted by atomic mass is 9.96. The number of nitrogens with two attached hydrogens (primary N) is 1. The van der Waals surface area contributed by atoms with E-state index in [0.717, 1.165) is 24.2 Å². The molecule has 0 aliphatic heterocycles. The number of carbonyl (C=O) groups is 1. The average Bonchev–Trinajstić information content (AvgIpc) is 2.95. The third-order valence-corrected chi connectivity index (χ3v) is 4.45.